The van der Waals surface area contributed by atoms with E-state index in [-0.39, 0.29) is 6.03 Å². The maximum Gasteiger partial charge on any atom is 0.314 e. The predicted molar refractivity (Wildman–Crippen MR) is 61.3 cm³/mol. The highest BCUT2D eigenvalue weighted by atomic mass is 16.2. The van der Waals surface area contributed by atoms with E-state index in [4.69, 9.17) is 11.5 Å². The van der Waals surface area contributed by atoms with Crippen molar-refractivity contribution in [2.24, 2.45) is 23.3 Å². The van der Waals surface area contributed by atoms with Crippen molar-refractivity contribution in [3.8, 4) is 0 Å². The number of primary amides is 1. The number of hydrogen-bond donors (Lipinski definition) is 2. The van der Waals surface area contributed by atoms with Gasteiger partial charge in [-0.3, -0.25) is 0 Å². The molecule has 0 radical (unpaired) electrons. The molecule has 0 bridgehead atoms. The van der Waals surface area contributed by atoms with Gasteiger partial charge in [-0.05, 0) is 37.6 Å². The van der Waals surface area contributed by atoms with Gasteiger partial charge in [0.1, 0.15) is 0 Å². The van der Waals surface area contributed by atoms with E-state index in [2.05, 4.69) is 6.92 Å². The van der Waals surface area contributed by atoms with E-state index in [0.717, 1.165) is 32.5 Å². The molecule has 2 atom stereocenters. The highest BCUT2D eigenvalue weighted by Gasteiger charge is 2.21. The summed E-state index contributed by atoms with van der Waals surface area (Å²) in [5.74, 6) is 1.13. The van der Waals surface area contributed by atoms with Crippen LogP contribution in [0, 0.1) is 11.8 Å². The lowest BCUT2D eigenvalue weighted by atomic mass is 9.92. The molecule has 0 spiro atoms. The summed E-state index contributed by atoms with van der Waals surface area (Å²) in [6.45, 7) is 4.54. The van der Waals surface area contributed by atoms with Crippen molar-refractivity contribution in [3.63, 3.8) is 0 Å². The van der Waals surface area contributed by atoms with E-state index in [9.17, 15) is 4.79 Å². The second-order valence-electron chi connectivity index (χ2n) is 4.72. The van der Waals surface area contributed by atoms with E-state index < -0.39 is 0 Å². The molecule has 1 rings (SSSR count). The Labute approximate surface area is 92.0 Å². The summed E-state index contributed by atoms with van der Waals surface area (Å²) in [7, 11) is 0. The first kappa shape index (κ1) is 12.3. The summed E-state index contributed by atoms with van der Waals surface area (Å²) in [4.78, 5) is 12.9. The van der Waals surface area contributed by atoms with E-state index in [1.54, 1.807) is 4.90 Å². The van der Waals surface area contributed by atoms with Gasteiger partial charge in [0.15, 0.2) is 0 Å². The molecule has 0 aromatic rings. The van der Waals surface area contributed by atoms with Gasteiger partial charge in [-0.25, -0.2) is 4.79 Å². The first-order valence-electron chi connectivity index (χ1n) is 5.88. The topological polar surface area (TPSA) is 72.3 Å². The minimum Gasteiger partial charge on any atom is -0.351 e. The molecule has 4 nitrogen and oxygen atoms in total. The highest BCUT2D eigenvalue weighted by Crippen LogP contribution is 2.22. The van der Waals surface area contributed by atoms with Crippen LogP contribution in [-0.2, 0) is 0 Å². The molecule has 0 aromatic heterocycles. The maximum atomic E-state index is 11.1. The third-order valence-corrected chi connectivity index (χ3v) is 3.22. The number of carbonyl (C=O) groups is 1. The first-order chi connectivity index (χ1) is 7.13. The molecule has 1 heterocycles. The largest absolute Gasteiger partial charge is 0.351 e. The van der Waals surface area contributed by atoms with Gasteiger partial charge < -0.3 is 16.4 Å². The van der Waals surface area contributed by atoms with Crippen LogP contribution in [0.3, 0.4) is 0 Å². The third kappa shape index (κ3) is 4.08. The molecule has 1 aliphatic heterocycles. The van der Waals surface area contributed by atoms with E-state index in [1.807, 2.05) is 0 Å². The van der Waals surface area contributed by atoms with Crippen LogP contribution in [0.15, 0.2) is 0 Å². The molecule has 0 aromatic carbocycles. The summed E-state index contributed by atoms with van der Waals surface area (Å²) in [5, 5.41) is 0. The standard InChI is InChI=1S/C11H23N3O/c1-9(7-12)6-10-4-2-3-5-14(8-10)11(13)15/h9-10H,2-8,12H2,1H3,(H2,13,15). The van der Waals surface area contributed by atoms with Crippen LogP contribution in [-0.4, -0.2) is 30.6 Å². The van der Waals surface area contributed by atoms with Gasteiger partial charge in [-0.2, -0.15) is 0 Å². The van der Waals surface area contributed by atoms with Crippen LogP contribution in [0.2, 0.25) is 0 Å². The lowest BCUT2D eigenvalue weighted by molar-refractivity contribution is 0.197. The quantitative estimate of drug-likeness (QED) is 0.738. The third-order valence-electron chi connectivity index (χ3n) is 3.22. The fourth-order valence-electron chi connectivity index (χ4n) is 2.29. The number of likely N-dealkylation sites (tertiary alicyclic amines) is 1. The van der Waals surface area contributed by atoms with Crippen LogP contribution >= 0.6 is 0 Å². The first-order valence-corrected chi connectivity index (χ1v) is 5.88. The molecule has 15 heavy (non-hydrogen) atoms. The Kier molecular flexibility index (Phi) is 4.88. The Hall–Kier alpha value is -0.770. The maximum absolute atomic E-state index is 11.1. The zero-order valence-electron chi connectivity index (χ0n) is 9.61. The summed E-state index contributed by atoms with van der Waals surface area (Å²) < 4.78 is 0. The van der Waals surface area contributed by atoms with Crippen LogP contribution in [0.1, 0.15) is 32.6 Å². The van der Waals surface area contributed by atoms with Crippen molar-refractivity contribution in [2.45, 2.75) is 32.6 Å². The van der Waals surface area contributed by atoms with Crippen molar-refractivity contribution < 1.29 is 4.79 Å². The molecular formula is C11H23N3O. The Balaban J connectivity index is 2.45. The number of nitrogens with zero attached hydrogens (tertiary/aromatic N) is 1. The van der Waals surface area contributed by atoms with Gasteiger partial charge in [-0.1, -0.05) is 13.3 Å². The molecule has 1 fully saturated rings. The van der Waals surface area contributed by atoms with E-state index in [0.29, 0.717) is 11.8 Å². The Morgan fingerprint density at radius 1 is 1.53 bits per heavy atom. The molecule has 2 amide bonds. The van der Waals surface area contributed by atoms with Gasteiger partial charge >= 0.3 is 6.03 Å². The molecular weight excluding hydrogens is 190 g/mol. The van der Waals surface area contributed by atoms with Crippen LogP contribution in [0.25, 0.3) is 0 Å². The monoisotopic (exact) mass is 213 g/mol. The summed E-state index contributed by atoms with van der Waals surface area (Å²) in [6, 6.07) is -0.276. The lowest BCUT2D eigenvalue weighted by Crippen LogP contribution is -2.39. The predicted octanol–water partition coefficient (Wildman–Crippen LogP) is 1.15. The van der Waals surface area contributed by atoms with Crippen molar-refractivity contribution in [2.75, 3.05) is 19.6 Å². The number of hydrogen-bond acceptors (Lipinski definition) is 2. The van der Waals surface area contributed by atoms with Gasteiger partial charge in [0, 0.05) is 13.1 Å². The van der Waals surface area contributed by atoms with Crippen molar-refractivity contribution in [3.05, 3.63) is 0 Å². The van der Waals surface area contributed by atoms with Crippen molar-refractivity contribution in [1.29, 1.82) is 0 Å². The normalized spacial score (nSPS) is 24.7. The van der Waals surface area contributed by atoms with Gasteiger partial charge in [0.2, 0.25) is 0 Å². The number of rotatable bonds is 3. The fraction of sp³-hybridized carbons (Fsp3) is 0.909. The van der Waals surface area contributed by atoms with Crippen LogP contribution in [0.5, 0.6) is 0 Å². The van der Waals surface area contributed by atoms with Crippen molar-refractivity contribution in [1.82, 2.24) is 4.90 Å². The molecule has 0 aliphatic carbocycles. The van der Waals surface area contributed by atoms with Gasteiger partial charge in [0.05, 0.1) is 0 Å². The summed E-state index contributed by atoms with van der Waals surface area (Å²) >= 11 is 0. The summed E-state index contributed by atoms with van der Waals surface area (Å²) in [6.07, 6.45) is 4.59. The highest BCUT2D eigenvalue weighted by molar-refractivity contribution is 5.71. The van der Waals surface area contributed by atoms with E-state index >= 15 is 0 Å². The van der Waals surface area contributed by atoms with Gasteiger partial charge in [-0.15, -0.1) is 0 Å². The average Bonchev–Trinajstić information content (AvgIpc) is 2.43. The lowest BCUT2D eigenvalue weighted by Gasteiger charge is -2.24. The second kappa shape index (κ2) is 5.95. The molecule has 1 saturated heterocycles. The Morgan fingerprint density at radius 3 is 2.87 bits per heavy atom. The number of urea groups is 1. The zero-order chi connectivity index (χ0) is 11.3. The zero-order valence-corrected chi connectivity index (χ0v) is 9.61. The average molecular weight is 213 g/mol. The minimum atomic E-state index is -0.276. The van der Waals surface area contributed by atoms with E-state index in [1.165, 1.54) is 12.8 Å². The minimum absolute atomic E-state index is 0.276. The van der Waals surface area contributed by atoms with Crippen molar-refractivity contribution >= 4 is 6.03 Å². The molecule has 0 saturated carbocycles. The molecule has 2 unspecified atom stereocenters. The molecule has 4 N–H and O–H groups in total. The Morgan fingerprint density at radius 2 is 2.27 bits per heavy atom. The molecule has 4 heteroatoms. The molecule has 1 aliphatic rings. The Bertz CT molecular complexity index is 208. The van der Waals surface area contributed by atoms with Gasteiger partial charge in [0.25, 0.3) is 0 Å². The van der Waals surface area contributed by atoms with Crippen LogP contribution in [0.4, 0.5) is 4.79 Å². The number of nitrogens with two attached hydrogens (primary N) is 2. The molecule has 88 valence electrons. The number of amides is 2. The second-order valence-corrected chi connectivity index (χ2v) is 4.72. The fourth-order valence-corrected chi connectivity index (χ4v) is 2.29. The summed E-state index contributed by atoms with van der Waals surface area (Å²) in [5.41, 5.74) is 10.9. The smallest absolute Gasteiger partial charge is 0.314 e. The number of carbonyl (C=O) groups excluding carboxylic acids is 1. The SMILES string of the molecule is CC(CN)CC1CCCCN(C(N)=O)C1. The van der Waals surface area contributed by atoms with Crippen LogP contribution < -0.4 is 11.5 Å².